The quantitative estimate of drug-likeness (QED) is 0.674. The molecule has 0 atom stereocenters. The van der Waals surface area contributed by atoms with Crippen LogP contribution in [-0.4, -0.2) is 11.0 Å². The van der Waals surface area contributed by atoms with E-state index in [9.17, 15) is 4.79 Å². The summed E-state index contributed by atoms with van der Waals surface area (Å²) >= 11 is 1.42. The number of urea groups is 1. The summed E-state index contributed by atoms with van der Waals surface area (Å²) in [5.41, 5.74) is 6.23. The van der Waals surface area contributed by atoms with E-state index in [0.29, 0.717) is 5.13 Å². The second kappa shape index (κ2) is 6.84. The van der Waals surface area contributed by atoms with Crippen LogP contribution in [0.15, 0.2) is 47.8 Å². The van der Waals surface area contributed by atoms with Crippen molar-refractivity contribution >= 4 is 28.2 Å². The highest BCUT2D eigenvalue weighted by Gasteiger charge is 2.10. The third kappa shape index (κ3) is 3.81. The molecule has 0 fully saturated rings. The number of thiazole rings is 1. The van der Waals surface area contributed by atoms with Crippen LogP contribution in [0.25, 0.3) is 11.3 Å². The standard InChI is InChI=1S/C19H19N3OS/c1-12-5-4-6-15(10-12)20-18(23)22-19-21-17(11-24-19)16-8-7-13(2)9-14(16)3/h4-11H,1-3H3,(H2,20,21,22,23). The lowest BCUT2D eigenvalue weighted by atomic mass is 10.0. The van der Waals surface area contributed by atoms with Crippen LogP contribution in [0.2, 0.25) is 0 Å². The first-order valence-corrected chi connectivity index (χ1v) is 8.57. The van der Waals surface area contributed by atoms with Crippen LogP contribution in [0.5, 0.6) is 0 Å². The molecular formula is C19H19N3OS. The first-order chi connectivity index (χ1) is 11.5. The van der Waals surface area contributed by atoms with E-state index in [1.54, 1.807) is 0 Å². The van der Waals surface area contributed by atoms with Crippen molar-refractivity contribution in [3.63, 3.8) is 0 Å². The first kappa shape index (κ1) is 16.2. The molecule has 2 aromatic carbocycles. The van der Waals surface area contributed by atoms with E-state index in [-0.39, 0.29) is 6.03 Å². The van der Waals surface area contributed by atoms with Gasteiger partial charge in [-0.25, -0.2) is 9.78 Å². The molecule has 4 nitrogen and oxygen atoms in total. The van der Waals surface area contributed by atoms with Crippen molar-refractivity contribution in [2.45, 2.75) is 20.8 Å². The summed E-state index contributed by atoms with van der Waals surface area (Å²) in [4.78, 5) is 16.6. The second-order valence-electron chi connectivity index (χ2n) is 5.80. The smallest absolute Gasteiger partial charge is 0.308 e. The van der Waals surface area contributed by atoms with Crippen molar-refractivity contribution in [3.8, 4) is 11.3 Å². The highest BCUT2D eigenvalue weighted by Crippen LogP contribution is 2.28. The Balaban J connectivity index is 1.70. The molecule has 0 saturated heterocycles. The lowest BCUT2D eigenvalue weighted by Crippen LogP contribution is -2.19. The topological polar surface area (TPSA) is 54.0 Å². The fourth-order valence-electron chi connectivity index (χ4n) is 2.54. The fourth-order valence-corrected chi connectivity index (χ4v) is 3.24. The number of nitrogens with one attached hydrogen (secondary N) is 2. The molecule has 0 aliphatic carbocycles. The summed E-state index contributed by atoms with van der Waals surface area (Å²) in [5.74, 6) is 0. The normalized spacial score (nSPS) is 10.5. The summed E-state index contributed by atoms with van der Waals surface area (Å²) in [6.45, 7) is 6.12. The molecule has 0 radical (unpaired) electrons. The highest BCUT2D eigenvalue weighted by atomic mass is 32.1. The molecule has 24 heavy (non-hydrogen) atoms. The van der Waals surface area contributed by atoms with Gasteiger partial charge in [-0.15, -0.1) is 11.3 Å². The van der Waals surface area contributed by atoms with Crippen LogP contribution in [0, 0.1) is 20.8 Å². The Labute approximate surface area is 145 Å². The number of anilines is 2. The number of nitrogens with zero attached hydrogens (tertiary/aromatic N) is 1. The molecule has 2 N–H and O–H groups in total. The minimum atomic E-state index is -0.290. The summed E-state index contributed by atoms with van der Waals surface area (Å²) < 4.78 is 0. The van der Waals surface area contributed by atoms with Gasteiger partial charge in [0, 0.05) is 16.6 Å². The number of rotatable bonds is 3. The van der Waals surface area contributed by atoms with Crippen LogP contribution in [0.3, 0.4) is 0 Å². The zero-order valence-corrected chi connectivity index (χ0v) is 14.7. The van der Waals surface area contributed by atoms with Crippen molar-refractivity contribution in [1.82, 2.24) is 4.98 Å². The number of amides is 2. The molecule has 0 saturated carbocycles. The number of aromatic nitrogens is 1. The molecule has 0 bridgehead atoms. The summed E-state index contributed by atoms with van der Waals surface area (Å²) in [7, 11) is 0. The SMILES string of the molecule is Cc1cccc(NC(=O)Nc2nc(-c3ccc(C)cc3C)cs2)c1. The van der Waals surface area contributed by atoms with Crippen molar-refractivity contribution < 1.29 is 4.79 Å². The Bertz CT molecular complexity index is 886. The van der Waals surface area contributed by atoms with Gasteiger partial charge >= 0.3 is 6.03 Å². The first-order valence-electron chi connectivity index (χ1n) is 7.69. The fraction of sp³-hybridized carbons (Fsp3) is 0.158. The van der Waals surface area contributed by atoms with E-state index < -0.39 is 0 Å². The Hall–Kier alpha value is -2.66. The summed E-state index contributed by atoms with van der Waals surface area (Å²) in [6, 6.07) is 13.6. The monoisotopic (exact) mass is 337 g/mol. The van der Waals surface area contributed by atoms with Crippen molar-refractivity contribution in [2.24, 2.45) is 0 Å². The number of carbonyl (C=O) groups excluding carboxylic acids is 1. The van der Waals surface area contributed by atoms with Gasteiger partial charge in [0.25, 0.3) is 0 Å². The molecular weight excluding hydrogens is 318 g/mol. The largest absolute Gasteiger partial charge is 0.325 e. The molecule has 0 aliphatic heterocycles. The van der Waals surface area contributed by atoms with Gasteiger partial charge in [-0.3, -0.25) is 5.32 Å². The Morgan fingerprint density at radius 1 is 1.00 bits per heavy atom. The lowest BCUT2D eigenvalue weighted by Gasteiger charge is -2.06. The highest BCUT2D eigenvalue weighted by molar-refractivity contribution is 7.14. The zero-order valence-electron chi connectivity index (χ0n) is 13.9. The van der Waals surface area contributed by atoms with Crippen molar-refractivity contribution in [1.29, 1.82) is 0 Å². The van der Waals surface area contributed by atoms with E-state index >= 15 is 0 Å². The van der Waals surface area contributed by atoms with Crippen LogP contribution in [0.1, 0.15) is 16.7 Å². The van der Waals surface area contributed by atoms with Gasteiger partial charge in [0.15, 0.2) is 5.13 Å². The minimum absolute atomic E-state index is 0.290. The van der Waals surface area contributed by atoms with E-state index in [2.05, 4.69) is 47.7 Å². The Morgan fingerprint density at radius 3 is 2.54 bits per heavy atom. The molecule has 5 heteroatoms. The predicted octanol–water partition coefficient (Wildman–Crippen LogP) is 5.38. The van der Waals surface area contributed by atoms with E-state index in [1.807, 2.05) is 36.6 Å². The summed E-state index contributed by atoms with van der Waals surface area (Å²) in [5, 5.41) is 8.14. The molecule has 0 spiro atoms. The van der Waals surface area contributed by atoms with Crippen LogP contribution in [-0.2, 0) is 0 Å². The third-order valence-electron chi connectivity index (χ3n) is 3.66. The Morgan fingerprint density at radius 2 is 1.79 bits per heavy atom. The Kier molecular flexibility index (Phi) is 4.62. The number of aryl methyl sites for hydroxylation is 3. The molecule has 3 rings (SSSR count). The molecule has 2 amide bonds. The maximum atomic E-state index is 12.1. The second-order valence-corrected chi connectivity index (χ2v) is 6.66. The molecule has 0 aliphatic rings. The van der Waals surface area contributed by atoms with Crippen LogP contribution in [0.4, 0.5) is 15.6 Å². The average molecular weight is 337 g/mol. The number of hydrogen-bond acceptors (Lipinski definition) is 3. The van der Waals surface area contributed by atoms with Crippen LogP contribution >= 0.6 is 11.3 Å². The number of benzene rings is 2. The van der Waals surface area contributed by atoms with Gasteiger partial charge < -0.3 is 5.32 Å². The van der Waals surface area contributed by atoms with Gasteiger partial charge in [-0.05, 0) is 44.0 Å². The molecule has 0 unspecified atom stereocenters. The third-order valence-corrected chi connectivity index (χ3v) is 4.42. The molecule has 1 aromatic heterocycles. The number of hydrogen-bond donors (Lipinski definition) is 2. The van der Waals surface area contributed by atoms with Gasteiger partial charge in [0.2, 0.25) is 0 Å². The van der Waals surface area contributed by atoms with E-state index in [1.165, 1.54) is 22.5 Å². The molecule has 1 heterocycles. The van der Waals surface area contributed by atoms with Crippen molar-refractivity contribution in [3.05, 3.63) is 64.5 Å². The van der Waals surface area contributed by atoms with Gasteiger partial charge in [-0.1, -0.05) is 35.9 Å². The zero-order chi connectivity index (χ0) is 17.1. The average Bonchev–Trinajstić information content (AvgIpc) is 2.95. The van der Waals surface area contributed by atoms with E-state index in [0.717, 1.165) is 22.5 Å². The molecule has 3 aromatic rings. The maximum absolute atomic E-state index is 12.1. The van der Waals surface area contributed by atoms with Gasteiger partial charge in [0.1, 0.15) is 0 Å². The maximum Gasteiger partial charge on any atom is 0.325 e. The summed E-state index contributed by atoms with van der Waals surface area (Å²) in [6.07, 6.45) is 0. The van der Waals surface area contributed by atoms with Crippen molar-refractivity contribution in [2.75, 3.05) is 10.6 Å². The van der Waals surface area contributed by atoms with E-state index in [4.69, 9.17) is 0 Å². The van der Waals surface area contributed by atoms with Gasteiger partial charge in [-0.2, -0.15) is 0 Å². The van der Waals surface area contributed by atoms with Crippen LogP contribution < -0.4 is 10.6 Å². The predicted molar refractivity (Wildman–Crippen MR) is 101 cm³/mol. The lowest BCUT2D eigenvalue weighted by molar-refractivity contribution is 0.262. The molecule has 122 valence electrons. The van der Waals surface area contributed by atoms with Gasteiger partial charge in [0.05, 0.1) is 5.69 Å². The minimum Gasteiger partial charge on any atom is -0.308 e. The number of carbonyl (C=O) groups is 1.